The highest BCUT2D eigenvalue weighted by Gasteiger charge is 2.08. The van der Waals surface area contributed by atoms with Gasteiger partial charge in [0.25, 0.3) is 0 Å². The molecule has 0 aromatic carbocycles. The number of amides is 1. The maximum atomic E-state index is 11.4. The highest BCUT2D eigenvalue weighted by molar-refractivity contribution is 5.77. The number of allylic oxidation sites excluding steroid dienone is 3. The Morgan fingerprint density at radius 2 is 2.06 bits per heavy atom. The van der Waals surface area contributed by atoms with Gasteiger partial charge in [-0.05, 0) is 26.3 Å². The quantitative estimate of drug-likeness (QED) is 0.471. The molecule has 0 aromatic rings. The van der Waals surface area contributed by atoms with E-state index in [0.717, 1.165) is 6.42 Å². The molecule has 0 aliphatic carbocycles. The topological polar surface area (TPSA) is 58.2 Å². The summed E-state index contributed by atoms with van der Waals surface area (Å²) in [7, 11) is 1.77. The second-order valence-electron chi connectivity index (χ2n) is 3.94. The number of carbonyl (C=O) groups is 2. The first-order chi connectivity index (χ1) is 8.10. The van der Waals surface area contributed by atoms with Crippen molar-refractivity contribution in [3.63, 3.8) is 0 Å². The molecule has 4 heteroatoms. The minimum atomic E-state index is 0.00391. The lowest BCUT2D eigenvalue weighted by atomic mass is 10.0. The Morgan fingerprint density at radius 1 is 1.35 bits per heavy atom. The number of hydrogen-bond donors (Lipinski definition) is 2. The summed E-state index contributed by atoms with van der Waals surface area (Å²) in [4.78, 5) is 22.1. The maximum Gasteiger partial charge on any atom is 0.221 e. The molecule has 17 heavy (non-hydrogen) atoms. The van der Waals surface area contributed by atoms with Crippen LogP contribution >= 0.6 is 0 Å². The first-order valence-electron chi connectivity index (χ1n) is 5.78. The van der Waals surface area contributed by atoms with E-state index in [1.807, 2.05) is 12.2 Å². The van der Waals surface area contributed by atoms with E-state index < -0.39 is 0 Å². The molecule has 0 radical (unpaired) electrons. The van der Waals surface area contributed by atoms with E-state index >= 15 is 0 Å². The molecule has 0 bridgehead atoms. The van der Waals surface area contributed by atoms with Gasteiger partial charge in [0.1, 0.15) is 5.78 Å². The molecule has 4 nitrogen and oxygen atoms in total. The first-order valence-corrected chi connectivity index (χ1v) is 5.78. The number of rotatable bonds is 9. The summed E-state index contributed by atoms with van der Waals surface area (Å²) in [6.45, 7) is 5.74. The van der Waals surface area contributed by atoms with Crippen LogP contribution in [0.1, 0.15) is 26.2 Å². The van der Waals surface area contributed by atoms with E-state index in [1.54, 1.807) is 20.0 Å². The van der Waals surface area contributed by atoms with E-state index in [4.69, 9.17) is 0 Å². The van der Waals surface area contributed by atoms with Gasteiger partial charge in [-0.2, -0.15) is 0 Å². The summed E-state index contributed by atoms with van der Waals surface area (Å²) in [5.74, 6) is 0.266. The molecule has 0 aromatic heterocycles. The molecule has 96 valence electrons. The van der Waals surface area contributed by atoms with Gasteiger partial charge in [-0.25, -0.2) is 0 Å². The Hall–Kier alpha value is -1.42. The van der Waals surface area contributed by atoms with Crippen molar-refractivity contribution < 1.29 is 9.59 Å². The van der Waals surface area contributed by atoms with E-state index in [9.17, 15) is 9.59 Å². The predicted molar refractivity (Wildman–Crippen MR) is 69.4 cm³/mol. The van der Waals surface area contributed by atoms with Gasteiger partial charge in [-0.15, -0.1) is 6.58 Å². The molecule has 0 spiro atoms. The average molecular weight is 238 g/mol. The van der Waals surface area contributed by atoms with Crippen molar-refractivity contribution in [2.75, 3.05) is 13.7 Å². The van der Waals surface area contributed by atoms with Crippen molar-refractivity contribution in [1.29, 1.82) is 0 Å². The number of Topliss-reactive ketones (excluding diaryl/α,β-unsaturated/α-hetero) is 1. The van der Waals surface area contributed by atoms with Gasteiger partial charge in [0.2, 0.25) is 5.91 Å². The van der Waals surface area contributed by atoms with Crippen LogP contribution in [-0.2, 0) is 9.59 Å². The summed E-state index contributed by atoms with van der Waals surface area (Å²) in [5, 5.41) is 5.58. The Labute approximate surface area is 103 Å². The molecule has 0 heterocycles. The number of ketones is 1. The second-order valence-corrected chi connectivity index (χ2v) is 3.94. The Morgan fingerprint density at radius 3 is 2.59 bits per heavy atom. The fourth-order valence-electron chi connectivity index (χ4n) is 1.28. The van der Waals surface area contributed by atoms with Crippen molar-refractivity contribution in [2.24, 2.45) is 5.92 Å². The molecule has 0 saturated carbocycles. The van der Waals surface area contributed by atoms with Gasteiger partial charge < -0.3 is 10.6 Å². The molecule has 0 aliphatic rings. The van der Waals surface area contributed by atoms with E-state index in [0.29, 0.717) is 19.5 Å². The van der Waals surface area contributed by atoms with Crippen molar-refractivity contribution in [3.8, 4) is 0 Å². The van der Waals surface area contributed by atoms with Crippen LogP contribution in [-0.4, -0.2) is 25.4 Å². The summed E-state index contributed by atoms with van der Waals surface area (Å²) >= 11 is 0. The summed E-state index contributed by atoms with van der Waals surface area (Å²) in [5.41, 5.74) is 0. The van der Waals surface area contributed by atoms with Gasteiger partial charge in [-0.1, -0.05) is 18.2 Å². The molecule has 0 fully saturated rings. The maximum absolute atomic E-state index is 11.4. The van der Waals surface area contributed by atoms with Crippen molar-refractivity contribution in [3.05, 3.63) is 24.8 Å². The SMILES string of the molecule is C=CC(CC=CCC(C)=O)CC(=O)NCNC. The first kappa shape index (κ1) is 15.6. The van der Waals surface area contributed by atoms with Gasteiger partial charge in [0, 0.05) is 12.8 Å². The summed E-state index contributed by atoms with van der Waals surface area (Å²) in [6, 6.07) is 0. The van der Waals surface area contributed by atoms with Crippen molar-refractivity contribution in [1.82, 2.24) is 10.6 Å². The summed E-state index contributed by atoms with van der Waals surface area (Å²) < 4.78 is 0. The standard InChI is InChI=1S/C13H22N2O2/c1-4-12(8-6-5-7-11(2)16)9-13(17)15-10-14-3/h4-6,12,14H,1,7-10H2,2-3H3,(H,15,17). The third-order valence-corrected chi connectivity index (χ3v) is 2.25. The fourth-order valence-corrected chi connectivity index (χ4v) is 1.28. The molecule has 2 N–H and O–H groups in total. The van der Waals surface area contributed by atoms with Gasteiger partial charge >= 0.3 is 0 Å². The highest BCUT2D eigenvalue weighted by Crippen LogP contribution is 2.10. The second kappa shape index (κ2) is 9.78. The lowest BCUT2D eigenvalue weighted by Gasteiger charge is -2.10. The Balaban J connectivity index is 3.90. The predicted octanol–water partition coefficient (Wildman–Crippen LogP) is 1.40. The number of hydrogen-bond acceptors (Lipinski definition) is 3. The van der Waals surface area contributed by atoms with Crippen LogP contribution in [0.2, 0.25) is 0 Å². The van der Waals surface area contributed by atoms with Gasteiger partial charge in [0.15, 0.2) is 0 Å². The van der Waals surface area contributed by atoms with Crippen LogP contribution in [0.5, 0.6) is 0 Å². The van der Waals surface area contributed by atoms with E-state index in [-0.39, 0.29) is 17.6 Å². The van der Waals surface area contributed by atoms with E-state index in [1.165, 1.54) is 0 Å². The largest absolute Gasteiger partial charge is 0.344 e. The minimum Gasteiger partial charge on any atom is -0.344 e. The zero-order valence-corrected chi connectivity index (χ0v) is 10.7. The highest BCUT2D eigenvalue weighted by atomic mass is 16.1. The Kier molecular flexibility index (Phi) is 8.96. The van der Waals surface area contributed by atoms with Crippen LogP contribution in [0, 0.1) is 5.92 Å². The molecular formula is C13H22N2O2. The van der Waals surface area contributed by atoms with E-state index in [2.05, 4.69) is 17.2 Å². The van der Waals surface area contributed by atoms with Crippen LogP contribution in [0.25, 0.3) is 0 Å². The Bertz CT molecular complexity index is 285. The average Bonchev–Trinajstić information content (AvgIpc) is 2.30. The fraction of sp³-hybridized carbons (Fsp3) is 0.538. The minimum absolute atomic E-state index is 0.00391. The van der Waals surface area contributed by atoms with Crippen molar-refractivity contribution >= 4 is 11.7 Å². The molecule has 1 atom stereocenters. The zero-order chi connectivity index (χ0) is 13.1. The van der Waals surface area contributed by atoms with Crippen molar-refractivity contribution in [2.45, 2.75) is 26.2 Å². The smallest absolute Gasteiger partial charge is 0.221 e. The molecule has 1 unspecified atom stereocenters. The molecule has 0 saturated heterocycles. The normalized spacial score (nSPS) is 12.4. The number of nitrogens with one attached hydrogen (secondary N) is 2. The lowest BCUT2D eigenvalue weighted by Crippen LogP contribution is -2.32. The monoisotopic (exact) mass is 238 g/mol. The van der Waals surface area contributed by atoms with Crippen LogP contribution < -0.4 is 10.6 Å². The lowest BCUT2D eigenvalue weighted by molar-refractivity contribution is -0.121. The van der Waals surface area contributed by atoms with Crippen LogP contribution in [0.15, 0.2) is 24.8 Å². The number of carbonyl (C=O) groups excluding carboxylic acids is 2. The van der Waals surface area contributed by atoms with Gasteiger partial charge in [0.05, 0.1) is 6.67 Å². The van der Waals surface area contributed by atoms with Gasteiger partial charge in [-0.3, -0.25) is 9.59 Å². The third kappa shape index (κ3) is 9.51. The molecule has 0 rings (SSSR count). The molecule has 1 amide bonds. The molecular weight excluding hydrogens is 216 g/mol. The molecule has 0 aliphatic heterocycles. The van der Waals surface area contributed by atoms with Crippen LogP contribution in [0.4, 0.5) is 0 Å². The zero-order valence-electron chi connectivity index (χ0n) is 10.7. The third-order valence-electron chi connectivity index (χ3n) is 2.25. The van der Waals surface area contributed by atoms with Crippen LogP contribution in [0.3, 0.4) is 0 Å². The summed E-state index contributed by atoms with van der Waals surface area (Å²) in [6.07, 6.45) is 7.16.